The van der Waals surface area contributed by atoms with Gasteiger partial charge in [0.15, 0.2) is 0 Å². The maximum atomic E-state index is 3.36. The smallest absolute Gasteiger partial charge is 0.0235 e. The maximum absolute atomic E-state index is 3.36. The highest BCUT2D eigenvalue weighted by Crippen LogP contribution is 2.30. The molecule has 1 rings (SSSR count). The van der Waals surface area contributed by atoms with Crippen LogP contribution in [0.1, 0.15) is 0 Å². The minimum Gasteiger partial charge on any atom is -0.156 e. The molecule has 0 aromatic heterocycles. The molecule has 0 aromatic carbocycles. The van der Waals surface area contributed by atoms with E-state index in [1.54, 1.807) is 0 Å². The van der Waals surface area contributed by atoms with Crippen molar-refractivity contribution < 1.29 is 0 Å². The van der Waals surface area contributed by atoms with Gasteiger partial charge in [-0.2, -0.15) is 11.8 Å². The van der Waals surface area contributed by atoms with E-state index < -0.39 is 0 Å². The van der Waals surface area contributed by atoms with Gasteiger partial charge in [0.25, 0.3) is 0 Å². The van der Waals surface area contributed by atoms with Crippen molar-refractivity contribution in [3.05, 3.63) is 0 Å². The molecule has 2 heteroatoms. The molecule has 0 saturated carbocycles. The van der Waals surface area contributed by atoms with Crippen molar-refractivity contribution in [2.24, 2.45) is 0 Å². The number of halogens is 1. The summed E-state index contributed by atoms with van der Waals surface area (Å²) >= 11 is 5.38. The standard InChI is InChI=1S/C3H5BrS/c4-1-3-2-5-3/h3H,1-2H2. The maximum Gasteiger partial charge on any atom is 0.0235 e. The van der Waals surface area contributed by atoms with E-state index in [0.717, 1.165) is 5.25 Å². The Bertz CT molecular complexity index is 33.9. The first-order valence-electron chi connectivity index (χ1n) is 1.61. The van der Waals surface area contributed by atoms with E-state index in [2.05, 4.69) is 15.9 Å². The molecule has 30 valence electrons. The average molecular weight is 153 g/mol. The third kappa shape index (κ3) is 1.14. The molecule has 0 aromatic rings. The van der Waals surface area contributed by atoms with Crippen molar-refractivity contribution >= 4 is 27.7 Å². The van der Waals surface area contributed by atoms with Crippen LogP contribution in [-0.4, -0.2) is 16.3 Å². The molecular weight excluding hydrogens is 148 g/mol. The van der Waals surface area contributed by atoms with Crippen LogP contribution in [0, 0.1) is 0 Å². The number of alkyl halides is 1. The summed E-state index contributed by atoms with van der Waals surface area (Å²) in [6, 6.07) is 0. The van der Waals surface area contributed by atoms with Gasteiger partial charge in [0.05, 0.1) is 0 Å². The molecule has 0 amide bonds. The second kappa shape index (κ2) is 1.52. The lowest BCUT2D eigenvalue weighted by atomic mass is 10.6. The molecule has 0 nitrogen and oxygen atoms in total. The summed E-state index contributed by atoms with van der Waals surface area (Å²) in [6.07, 6.45) is 0. The molecule has 0 bridgehead atoms. The Balaban J connectivity index is 2.00. The predicted molar refractivity (Wildman–Crippen MR) is 30.0 cm³/mol. The number of hydrogen-bond donors (Lipinski definition) is 0. The largest absolute Gasteiger partial charge is 0.156 e. The lowest BCUT2D eigenvalue weighted by Gasteiger charge is -1.68. The van der Waals surface area contributed by atoms with Gasteiger partial charge in [0.1, 0.15) is 0 Å². The van der Waals surface area contributed by atoms with E-state index in [1.807, 2.05) is 11.8 Å². The number of hydrogen-bond acceptors (Lipinski definition) is 1. The lowest BCUT2D eigenvalue weighted by molar-refractivity contribution is 1.28. The highest BCUT2D eigenvalue weighted by Gasteiger charge is 2.19. The Morgan fingerprint density at radius 1 is 2.00 bits per heavy atom. The molecule has 1 unspecified atom stereocenters. The van der Waals surface area contributed by atoms with Gasteiger partial charge in [0.2, 0.25) is 0 Å². The van der Waals surface area contributed by atoms with Crippen LogP contribution in [0.5, 0.6) is 0 Å². The molecule has 0 spiro atoms. The van der Waals surface area contributed by atoms with Crippen LogP contribution < -0.4 is 0 Å². The first-order valence-corrected chi connectivity index (χ1v) is 3.78. The van der Waals surface area contributed by atoms with Gasteiger partial charge in [-0.1, -0.05) is 15.9 Å². The zero-order chi connectivity index (χ0) is 3.70. The van der Waals surface area contributed by atoms with Crippen molar-refractivity contribution in [3.8, 4) is 0 Å². The zero-order valence-corrected chi connectivity index (χ0v) is 5.18. The summed E-state index contributed by atoms with van der Waals surface area (Å²) in [5.74, 6) is 1.38. The molecule has 0 aliphatic carbocycles. The Morgan fingerprint density at radius 2 is 2.60 bits per heavy atom. The van der Waals surface area contributed by atoms with E-state index in [1.165, 1.54) is 11.1 Å². The van der Waals surface area contributed by atoms with Gasteiger partial charge in [0, 0.05) is 16.3 Å². The zero-order valence-electron chi connectivity index (χ0n) is 2.78. The molecule has 1 aliphatic rings. The normalized spacial score (nSPS) is 34.2. The topological polar surface area (TPSA) is 0 Å². The lowest BCUT2D eigenvalue weighted by Crippen LogP contribution is -1.77. The van der Waals surface area contributed by atoms with Crippen molar-refractivity contribution in [1.82, 2.24) is 0 Å². The van der Waals surface area contributed by atoms with E-state index in [9.17, 15) is 0 Å². The SMILES string of the molecule is BrCC1CS1. The van der Waals surface area contributed by atoms with Crippen LogP contribution in [0.2, 0.25) is 0 Å². The van der Waals surface area contributed by atoms with Crippen molar-refractivity contribution in [3.63, 3.8) is 0 Å². The molecule has 0 radical (unpaired) electrons. The first-order chi connectivity index (χ1) is 2.43. The first kappa shape index (κ1) is 4.00. The van der Waals surface area contributed by atoms with Gasteiger partial charge in [-0.25, -0.2) is 0 Å². The molecule has 5 heavy (non-hydrogen) atoms. The Labute approximate surface area is 44.5 Å². The van der Waals surface area contributed by atoms with Gasteiger partial charge in [-0.3, -0.25) is 0 Å². The van der Waals surface area contributed by atoms with Gasteiger partial charge in [-0.05, 0) is 0 Å². The molecule has 1 atom stereocenters. The van der Waals surface area contributed by atoms with Gasteiger partial charge < -0.3 is 0 Å². The van der Waals surface area contributed by atoms with Crippen LogP contribution in [0.4, 0.5) is 0 Å². The fraction of sp³-hybridized carbons (Fsp3) is 1.00. The summed E-state index contributed by atoms with van der Waals surface area (Å²) in [4.78, 5) is 0. The van der Waals surface area contributed by atoms with Gasteiger partial charge >= 0.3 is 0 Å². The highest BCUT2D eigenvalue weighted by molar-refractivity contribution is 9.09. The summed E-state index contributed by atoms with van der Waals surface area (Å²) in [7, 11) is 0. The molecule has 0 N–H and O–H groups in total. The van der Waals surface area contributed by atoms with Crippen LogP contribution in [0.15, 0.2) is 0 Å². The minimum absolute atomic E-state index is 0.968. The van der Waals surface area contributed by atoms with E-state index >= 15 is 0 Å². The molecular formula is C3H5BrS. The van der Waals surface area contributed by atoms with Crippen molar-refractivity contribution in [2.75, 3.05) is 11.1 Å². The average Bonchev–Trinajstić information content (AvgIpc) is 2.12. The fourth-order valence-corrected chi connectivity index (χ4v) is 1.59. The van der Waals surface area contributed by atoms with Crippen molar-refractivity contribution in [2.45, 2.75) is 5.25 Å². The minimum atomic E-state index is 0.968. The summed E-state index contributed by atoms with van der Waals surface area (Å²) in [5, 5.41) is 2.16. The monoisotopic (exact) mass is 152 g/mol. The predicted octanol–water partition coefficient (Wildman–Crippen LogP) is 1.50. The van der Waals surface area contributed by atoms with Crippen LogP contribution >= 0.6 is 27.7 Å². The highest BCUT2D eigenvalue weighted by atomic mass is 79.9. The van der Waals surface area contributed by atoms with Crippen LogP contribution in [0.25, 0.3) is 0 Å². The third-order valence-corrected chi connectivity index (χ3v) is 2.76. The van der Waals surface area contributed by atoms with E-state index in [-0.39, 0.29) is 0 Å². The van der Waals surface area contributed by atoms with E-state index in [4.69, 9.17) is 0 Å². The Morgan fingerprint density at radius 3 is 2.60 bits per heavy atom. The van der Waals surface area contributed by atoms with Crippen LogP contribution in [-0.2, 0) is 0 Å². The quantitative estimate of drug-likeness (QED) is 0.406. The summed E-state index contributed by atoms with van der Waals surface area (Å²) < 4.78 is 0. The fourth-order valence-electron chi connectivity index (χ4n) is 0.157. The number of rotatable bonds is 1. The number of thioether (sulfide) groups is 1. The molecule has 1 saturated heterocycles. The second-order valence-corrected chi connectivity index (χ2v) is 3.09. The molecule has 1 aliphatic heterocycles. The Hall–Kier alpha value is 0.830. The summed E-state index contributed by atoms with van der Waals surface area (Å²) in [6.45, 7) is 0. The van der Waals surface area contributed by atoms with Crippen LogP contribution in [0.3, 0.4) is 0 Å². The Kier molecular flexibility index (Phi) is 1.22. The van der Waals surface area contributed by atoms with Crippen molar-refractivity contribution in [1.29, 1.82) is 0 Å². The van der Waals surface area contributed by atoms with Gasteiger partial charge in [-0.15, -0.1) is 0 Å². The third-order valence-electron chi connectivity index (χ3n) is 0.574. The second-order valence-electron chi connectivity index (χ2n) is 1.11. The van der Waals surface area contributed by atoms with E-state index in [0.29, 0.717) is 0 Å². The molecule has 1 fully saturated rings. The molecule has 1 heterocycles. The summed E-state index contributed by atoms with van der Waals surface area (Å²) in [5.41, 5.74) is 0.